The van der Waals surface area contributed by atoms with Crippen molar-refractivity contribution < 1.29 is 17.4 Å². The van der Waals surface area contributed by atoms with Gasteiger partial charge in [-0.1, -0.05) is 12.1 Å². The first-order chi connectivity index (χ1) is 7.01. The van der Waals surface area contributed by atoms with Crippen molar-refractivity contribution in [2.45, 2.75) is 6.61 Å². The van der Waals surface area contributed by atoms with E-state index in [9.17, 15) is 13.2 Å². The summed E-state index contributed by atoms with van der Waals surface area (Å²) in [6.07, 6.45) is 1.54. The number of carbonyl (C=O) groups excluding carboxylic acids is 1. The van der Waals surface area contributed by atoms with Crippen molar-refractivity contribution in [1.82, 2.24) is 0 Å². The molecule has 0 saturated carbocycles. The van der Waals surface area contributed by atoms with Crippen LogP contribution in [-0.4, -0.2) is 21.1 Å². The molecule has 5 nitrogen and oxygen atoms in total. The van der Waals surface area contributed by atoms with E-state index in [1.807, 2.05) is 0 Å². The summed E-state index contributed by atoms with van der Waals surface area (Å²) in [5, 5.41) is 2.46. The van der Waals surface area contributed by atoms with Crippen molar-refractivity contribution in [2.24, 2.45) is 0 Å². The molecule has 0 radical (unpaired) electrons. The molecule has 0 aliphatic heterocycles. The molecule has 1 aromatic rings. The second-order valence-electron chi connectivity index (χ2n) is 2.93. The van der Waals surface area contributed by atoms with Gasteiger partial charge in [-0.15, -0.1) is 0 Å². The van der Waals surface area contributed by atoms with Gasteiger partial charge < -0.3 is 5.32 Å². The van der Waals surface area contributed by atoms with Crippen LogP contribution in [0.4, 0.5) is 5.69 Å². The van der Waals surface area contributed by atoms with Crippen molar-refractivity contribution in [2.75, 3.05) is 11.6 Å². The molecule has 0 saturated heterocycles. The van der Waals surface area contributed by atoms with E-state index in [1.54, 1.807) is 24.3 Å². The zero-order valence-corrected chi connectivity index (χ0v) is 8.95. The molecule has 0 bridgehead atoms. The normalized spacial score (nSPS) is 11.0. The van der Waals surface area contributed by atoms with E-state index >= 15 is 0 Å². The fraction of sp³-hybridized carbons (Fsp3) is 0.222. The molecule has 1 rings (SSSR count). The minimum Gasteiger partial charge on any atom is -0.329 e. The van der Waals surface area contributed by atoms with Crippen molar-refractivity contribution in [3.05, 3.63) is 29.8 Å². The van der Waals surface area contributed by atoms with Crippen LogP contribution in [0.25, 0.3) is 0 Å². The van der Waals surface area contributed by atoms with Crippen LogP contribution in [0, 0.1) is 0 Å². The third kappa shape index (κ3) is 4.57. The van der Waals surface area contributed by atoms with Crippen molar-refractivity contribution >= 4 is 22.2 Å². The van der Waals surface area contributed by atoms with Gasteiger partial charge in [-0.2, -0.15) is 8.42 Å². The first-order valence-corrected chi connectivity index (χ1v) is 5.96. The number of carbonyl (C=O) groups is 1. The predicted octanol–water partition coefficient (Wildman–Crippen LogP) is 0.731. The fourth-order valence-corrected chi connectivity index (χ4v) is 1.34. The number of anilines is 1. The molecule has 82 valence electrons. The van der Waals surface area contributed by atoms with E-state index < -0.39 is 10.1 Å². The lowest BCUT2D eigenvalue weighted by Gasteiger charge is -2.03. The van der Waals surface area contributed by atoms with Gasteiger partial charge in [0, 0.05) is 5.69 Å². The van der Waals surface area contributed by atoms with Gasteiger partial charge >= 0.3 is 0 Å². The number of benzene rings is 1. The first kappa shape index (κ1) is 11.7. The first-order valence-electron chi connectivity index (χ1n) is 4.15. The van der Waals surface area contributed by atoms with Gasteiger partial charge in [-0.3, -0.25) is 8.98 Å². The van der Waals surface area contributed by atoms with Crippen LogP contribution in [0.5, 0.6) is 0 Å². The summed E-state index contributed by atoms with van der Waals surface area (Å²) in [5.74, 6) is 0. The second kappa shape index (κ2) is 4.90. The summed E-state index contributed by atoms with van der Waals surface area (Å²) < 4.78 is 26.0. The largest absolute Gasteiger partial charge is 0.329 e. The Balaban J connectivity index is 2.69. The van der Waals surface area contributed by atoms with Crippen LogP contribution in [0.3, 0.4) is 0 Å². The second-order valence-corrected chi connectivity index (χ2v) is 4.57. The Morgan fingerprint density at radius 1 is 1.47 bits per heavy atom. The molecular formula is C9H11NO4S. The van der Waals surface area contributed by atoms with E-state index in [1.165, 1.54) is 0 Å². The molecule has 0 aliphatic rings. The number of rotatable bonds is 5. The van der Waals surface area contributed by atoms with E-state index in [0.717, 1.165) is 6.26 Å². The Morgan fingerprint density at radius 3 is 2.80 bits per heavy atom. The van der Waals surface area contributed by atoms with Gasteiger partial charge in [-0.25, -0.2) is 0 Å². The molecule has 0 aliphatic carbocycles. The summed E-state index contributed by atoms with van der Waals surface area (Å²) in [6, 6.07) is 6.74. The van der Waals surface area contributed by atoms with Crippen LogP contribution in [0.2, 0.25) is 0 Å². The molecule has 15 heavy (non-hydrogen) atoms. The summed E-state index contributed by atoms with van der Waals surface area (Å²) in [7, 11) is -3.44. The highest BCUT2D eigenvalue weighted by Crippen LogP contribution is 2.11. The molecule has 6 heteroatoms. The van der Waals surface area contributed by atoms with Crippen LogP contribution >= 0.6 is 0 Å². The molecule has 0 atom stereocenters. The van der Waals surface area contributed by atoms with Crippen molar-refractivity contribution in [1.29, 1.82) is 0 Å². The lowest BCUT2D eigenvalue weighted by molar-refractivity contribution is -0.105. The fourth-order valence-electron chi connectivity index (χ4n) is 0.994. The molecule has 1 aromatic carbocycles. The van der Waals surface area contributed by atoms with Gasteiger partial charge in [-0.05, 0) is 17.7 Å². The third-order valence-corrected chi connectivity index (χ3v) is 2.14. The van der Waals surface area contributed by atoms with Crippen LogP contribution in [0.1, 0.15) is 5.56 Å². The zero-order chi connectivity index (χ0) is 11.3. The highest BCUT2D eigenvalue weighted by Gasteiger charge is 2.02. The van der Waals surface area contributed by atoms with Gasteiger partial charge in [0.2, 0.25) is 6.41 Å². The lowest BCUT2D eigenvalue weighted by Crippen LogP contribution is -2.03. The van der Waals surface area contributed by atoms with Crippen molar-refractivity contribution in [3.8, 4) is 0 Å². The molecule has 0 aromatic heterocycles. The molecule has 0 fully saturated rings. The number of hydrogen-bond donors (Lipinski definition) is 1. The smallest absolute Gasteiger partial charge is 0.264 e. The summed E-state index contributed by atoms with van der Waals surface area (Å²) in [6.45, 7) is -0.0345. The Morgan fingerprint density at radius 2 is 2.20 bits per heavy atom. The van der Waals surface area contributed by atoms with Gasteiger partial charge in [0.25, 0.3) is 10.1 Å². The Labute approximate surface area is 88.2 Å². The highest BCUT2D eigenvalue weighted by atomic mass is 32.2. The van der Waals surface area contributed by atoms with Gasteiger partial charge in [0.1, 0.15) is 0 Å². The molecule has 0 unspecified atom stereocenters. The average molecular weight is 229 g/mol. The van der Waals surface area contributed by atoms with Crippen LogP contribution in [0.15, 0.2) is 24.3 Å². The predicted molar refractivity (Wildman–Crippen MR) is 55.8 cm³/mol. The maximum Gasteiger partial charge on any atom is 0.264 e. The molecule has 1 amide bonds. The Bertz CT molecular complexity index is 441. The SMILES string of the molecule is CS(=O)(=O)OCc1cccc(NC=O)c1. The van der Waals surface area contributed by atoms with Crippen LogP contribution in [-0.2, 0) is 25.7 Å². The van der Waals surface area contributed by atoms with E-state index in [4.69, 9.17) is 0 Å². The minimum atomic E-state index is -3.44. The summed E-state index contributed by atoms with van der Waals surface area (Å²) >= 11 is 0. The number of hydrogen-bond acceptors (Lipinski definition) is 4. The monoisotopic (exact) mass is 229 g/mol. The quantitative estimate of drug-likeness (QED) is 0.596. The van der Waals surface area contributed by atoms with E-state index in [-0.39, 0.29) is 6.61 Å². The topological polar surface area (TPSA) is 72.5 Å². The maximum absolute atomic E-state index is 10.7. The number of amides is 1. The highest BCUT2D eigenvalue weighted by molar-refractivity contribution is 7.85. The van der Waals surface area contributed by atoms with Gasteiger partial charge in [0.05, 0.1) is 12.9 Å². The minimum absolute atomic E-state index is 0.0345. The summed E-state index contributed by atoms with van der Waals surface area (Å²) in [5.41, 5.74) is 1.27. The third-order valence-electron chi connectivity index (χ3n) is 1.59. The van der Waals surface area contributed by atoms with E-state index in [0.29, 0.717) is 17.7 Å². The van der Waals surface area contributed by atoms with Crippen molar-refractivity contribution in [3.63, 3.8) is 0 Å². The molecule has 1 N–H and O–H groups in total. The van der Waals surface area contributed by atoms with Crippen LogP contribution < -0.4 is 5.32 Å². The number of nitrogens with one attached hydrogen (secondary N) is 1. The maximum atomic E-state index is 10.7. The summed E-state index contributed by atoms with van der Waals surface area (Å²) in [4.78, 5) is 10.2. The Kier molecular flexibility index (Phi) is 3.81. The van der Waals surface area contributed by atoms with E-state index in [2.05, 4.69) is 9.50 Å². The Hall–Kier alpha value is -1.40. The zero-order valence-electron chi connectivity index (χ0n) is 8.14. The van der Waals surface area contributed by atoms with Gasteiger partial charge in [0.15, 0.2) is 0 Å². The molecule has 0 heterocycles. The lowest BCUT2D eigenvalue weighted by atomic mass is 10.2. The average Bonchev–Trinajstić information content (AvgIpc) is 2.15. The molecule has 0 spiro atoms. The molecular weight excluding hydrogens is 218 g/mol. The standard InChI is InChI=1S/C9H11NO4S/c1-15(12,13)14-6-8-3-2-4-9(5-8)10-7-11/h2-5,7H,6H2,1H3,(H,10,11).